The molecule has 3 aromatic rings. The van der Waals surface area contributed by atoms with Gasteiger partial charge in [0.05, 0.1) is 29.9 Å². The number of methoxy groups -OCH3 is 1. The van der Waals surface area contributed by atoms with Crippen LogP contribution < -0.4 is 9.47 Å². The van der Waals surface area contributed by atoms with Crippen molar-refractivity contribution in [3.05, 3.63) is 70.9 Å². The Balaban J connectivity index is 1.47. The van der Waals surface area contributed by atoms with E-state index in [-0.39, 0.29) is 6.61 Å². The Morgan fingerprint density at radius 2 is 1.94 bits per heavy atom. The molecule has 0 N–H and O–H groups in total. The molecule has 0 spiro atoms. The van der Waals surface area contributed by atoms with E-state index in [1.807, 2.05) is 37.3 Å². The van der Waals surface area contributed by atoms with E-state index in [1.165, 1.54) is 13.2 Å². The molecule has 0 saturated heterocycles. The summed E-state index contributed by atoms with van der Waals surface area (Å²) in [4.78, 5) is 16.5. The third kappa shape index (κ3) is 5.90. The summed E-state index contributed by atoms with van der Waals surface area (Å²) in [5.74, 6) is 1.70. The highest BCUT2D eigenvalue weighted by Crippen LogP contribution is 2.44. The Hall–Kier alpha value is -3.20. The first-order chi connectivity index (χ1) is 16.8. The van der Waals surface area contributed by atoms with Crippen LogP contribution in [0.2, 0.25) is 0 Å². The standard InChI is InChI=1S/C26H24F3NO4S/c1-16-12-22(25-20(4-3-11-33-25)24(16)34-14-23(31)32-2)35-15-17-5-7-18(8-6-17)21-10-9-19(13-30-21)26(27,28)29/h5-10,12-13H,3-4,11,14-15H2,1-2H3. The van der Waals surface area contributed by atoms with Gasteiger partial charge in [-0.2, -0.15) is 13.2 Å². The number of thioether (sulfide) groups is 1. The number of esters is 1. The second kappa shape index (κ2) is 10.6. The van der Waals surface area contributed by atoms with Crippen LogP contribution in [0.1, 0.15) is 28.7 Å². The van der Waals surface area contributed by atoms with Crippen molar-refractivity contribution in [1.29, 1.82) is 0 Å². The minimum atomic E-state index is -4.40. The highest BCUT2D eigenvalue weighted by molar-refractivity contribution is 7.98. The predicted molar refractivity (Wildman–Crippen MR) is 127 cm³/mol. The fourth-order valence-electron chi connectivity index (χ4n) is 3.79. The second-order valence-electron chi connectivity index (χ2n) is 8.06. The van der Waals surface area contributed by atoms with Gasteiger partial charge in [-0.3, -0.25) is 4.98 Å². The molecule has 35 heavy (non-hydrogen) atoms. The van der Waals surface area contributed by atoms with Crippen LogP contribution in [0.15, 0.2) is 53.6 Å². The number of carbonyl (C=O) groups excluding carboxylic acids is 1. The lowest BCUT2D eigenvalue weighted by Gasteiger charge is -2.24. The number of nitrogens with zero attached hydrogens (tertiary/aromatic N) is 1. The first-order valence-corrected chi connectivity index (χ1v) is 12.0. The SMILES string of the molecule is COC(=O)COc1c(C)cc(SCc2ccc(-c3ccc(C(F)(F)F)cn3)cc2)c2c1CCCO2. The normalized spacial score (nSPS) is 13.1. The summed E-state index contributed by atoms with van der Waals surface area (Å²) in [6.45, 7) is 2.41. The molecule has 2 aromatic carbocycles. The van der Waals surface area contributed by atoms with E-state index in [1.54, 1.807) is 11.8 Å². The van der Waals surface area contributed by atoms with Crippen LogP contribution in [0.25, 0.3) is 11.3 Å². The number of aryl methyl sites for hydroxylation is 1. The summed E-state index contributed by atoms with van der Waals surface area (Å²) < 4.78 is 54.7. The maximum Gasteiger partial charge on any atom is 0.417 e. The number of aromatic nitrogens is 1. The zero-order valence-electron chi connectivity index (χ0n) is 19.3. The van der Waals surface area contributed by atoms with Crippen LogP contribution in [0, 0.1) is 6.92 Å². The van der Waals surface area contributed by atoms with E-state index in [9.17, 15) is 18.0 Å². The zero-order chi connectivity index (χ0) is 25.0. The van der Waals surface area contributed by atoms with E-state index >= 15 is 0 Å². The van der Waals surface area contributed by atoms with Crippen molar-refractivity contribution in [2.24, 2.45) is 0 Å². The molecule has 5 nitrogen and oxygen atoms in total. The van der Waals surface area contributed by atoms with Crippen molar-refractivity contribution in [3.8, 4) is 22.8 Å². The van der Waals surface area contributed by atoms with Gasteiger partial charge in [0.25, 0.3) is 0 Å². The highest BCUT2D eigenvalue weighted by Gasteiger charge is 2.30. The Labute approximate surface area is 205 Å². The van der Waals surface area contributed by atoms with Gasteiger partial charge in [0.1, 0.15) is 11.5 Å². The number of pyridine rings is 1. The van der Waals surface area contributed by atoms with Crippen molar-refractivity contribution < 1.29 is 32.2 Å². The van der Waals surface area contributed by atoms with Crippen molar-refractivity contribution in [3.63, 3.8) is 0 Å². The Bertz CT molecular complexity index is 1200. The molecule has 0 amide bonds. The molecular weight excluding hydrogens is 479 g/mol. The molecule has 0 saturated carbocycles. The van der Waals surface area contributed by atoms with E-state index in [2.05, 4.69) is 9.72 Å². The molecule has 184 valence electrons. The van der Waals surface area contributed by atoms with Gasteiger partial charge in [0.15, 0.2) is 6.61 Å². The average Bonchev–Trinajstić information content (AvgIpc) is 2.86. The van der Waals surface area contributed by atoms with E-state index in [0.29, 0.717) is 23.8 Å². The zero-order valence-corrected chi connectivity index (χ0v) is 20.1. The number of alkyl halides is 3. The fourth-order valence-corrected chi connectivity index (χ4v) is 4.88. The molecule has 0 fully saturated rings. The van der Waals surface area contributed by atoms with Crippen LogP contribution in [-0.4, -0.2) is 31.3 Å². The highest BCUT2D eigenvalue weighted by atomic mass is 32.2. The second-order valence-corrected chi connectivity index (χ2v) is 9.08. The summed E-state index contributed by atoms with van der Waals surface area (Å²) >= 11 is 1.63. The molecule has 4 rings (SSSR count). The molecule has 0 bridgehead atoms. The van der Waals surface area contributed by atoms with Gasteiger partial charge in [0, 0.05) is 23.1 Å². The van der Waals surface area contributed by atoms with Crippen LogP contribution in [0.3, 0.4) is 0 Å². The van der Waals surface area contributed by atoms with Crippen molar-refractivity contribution in [2.75, 3.05) is 20.3 Å². The van der Waals surface area contributed by atoms with Crippen LogP contribution in [-0.2, 0) is 27.9 Å². The minimum absolute atomic E-state index is 0.156. The smallest absolute Gasteiger partial charge is 0.417 e. The lowest BCUT2D eigenvalue weighted by molar-refractivity contribution is -0.143. The molecule has 9 heteroatoms. The fraction of sp³-hybridized carbons (Fsp3) is 0.308. The van der Waals surface area contributed by atoms with Crippen LogP contribution >= 0.6 is 11.8 Å². The van der Waals surface area contributed by atoms with Crippen molar-refractivity contribution >= 4 is 17.7 Å². The Morgan fingerprint density at radius 1 is 1.17 bits per heavy atom. The molecule has 1 aliphatic heterocycles. The lowest BCUT2D eigenvalue weighted by atomic mass is 10.0. The molecule has 0 radical (unpaired) electrons. The molecule has 0 unspecified atom stereocenters. The van der Waals surface area contributed by atoms with Crippen LogP contribution in [0.5, 0.6) is 11.5 Å². The van der Waals surface area contributed by atoms with Gasteiger partial charge in [-0.15, -0.1) is 11.8 Å². The number of ether oxygens (including phenoxy) is 3. The molecule has 0 aliphatic carbocycles. The summed E-state index contributed by atoms with van der Waals surface area (Å²) in [5.41, 5.74) is 3.40. The van der Waals surface area contributed by atoms with E-state index in [4.69, 9.17) is 9.47 Å². The number of rotatable bonds is 7. The topological polar surface area (TPSA) is 57.7 Å². The molecule has 2 heterocycles. The number of benzene rings is 2. The van der Waals surface area contributed by atoms with Crippen LogP contribution in [0.4, 0.5) is 13.2 Å². The molecule has 0 atom stereocenters. The van der Waals surface area contributed by atoms with E-state index < -0.39 is 17.7 Å². The molecular formula is C26H24F3NO4S. The van der Waals surface area contributed by atoms with Gasteiger partial charge < -0.3 is 14.2 Å². The maximum atomic E-state index is 12.8. The van der Waals surface area contributed by atoms with Gasteiger partial charge in [-0.1, -0.05) is 24.3 Å². The van der Waals surface area contributed by atoms with Gasteiger partial charge >= 0.3 is 12.1 Å². The Kier molecular flexibility index (Phi) is 7.54. The summed E-state index contributed by atoms with van der Waals surface area (Å²) in [6, 6.07) is 12.0. The maximum absolute atomic E-state index is 12.8. The van der Waals surface area contributed by atoms with Crippen molar-refractivity contribution in [2.45, 2.75) is 36.6 Å². The van der Waals surface area contributed by atoms with E-state index in [0.717, 1.165) is 58.0 Å². The number of carbonyl (C=O) groups is 1. The van der Waals surface area contributed by atoms with Gasteiger partial charge in [-0.25, -0.2) is 4.79 Å². The third-order valence-corrected chi connectivity index (χ3v) is 6.68. The van der Waals surface area contributed by atoms with Gasteiger partial charge in [-0.05, 0) is 49.1 Å². The first kappa shape index (κ1) is 24.9. The predicted octanol–water partition coefficient (Wildman–Crippen LogP) is 6.24. The Morgan fingerprint density at radius 3 is 2.60 bits per heavy atom. The first-order valence-electron chi connectivity index (χ1n) is 11.0. The number of halogens is 3. The quantitative estimate of drug-likeness (QED) is 0.281. The van der Waals surface area contributed by atoms with Crippen molar-refractivity contribution in [1.82, 2.24) is 4.98 Å². The summed E-state index contributed by atoms with van der Waals surface area (Å²) in [6.07, 6.45) is -1.88. The summed E-state index contributed by atoms with van der Waals surface area (Å²) in [5, 5.41) is 0. The molecule has 1 aromatic heterocycles. The van der Waals surface area contributed by atoms with Gasteiger partial charge in [0.2, 0.25) is 0 Å². The number of hydrogen-bond donors (Lipinski definition) is 0. The summed E-state index contributed by atoms with van der Waals surface area (Å²) in [7, 11) is 1.32. The molecule has 1 aliphatic rings. The lowest BCUT2D eigenvalue weighted by Crippen LogP contribution is -2.16. The monoisotopic (exact) mass is 503 g/mol. The number of fused-ring (bicyclic) bond motifs is 1. The minimum Gasteiger partial charge on any atom is -0.492 e. The number of hydrogen-bond acceptors (Lipinski definition) is 6. The average molecular weight is 504 g/mol. The largest absolute Gasteiger partial charge is 0.492 e. The third-order valence-electron chi connectivity index (χ3n) is 5.59.